The van der Waals surface area contributed by atoms with Crippen molar-refractivity contribution in [3.63, 3.8) is 0 Å². The lowest BCUT2D eigenvalue weighted by atomic mass is 9.95. The average Bonchev–Trinajstić information content (AvgIpc) is 3.39. The third kappa shape index (κ3) is 4.21. The number of aromatic nitrogens is 2. The number of benzene rings is 3. The number of hydrogen-bond donors (Lipinski definition) is 3. The van der Waals surface area contributed by atoms with E-state index in [9.17, 15) is 4.79 Å². The normalized spacial score (nSPS) is 16.9. The van der Waals surface area contributed by atoms with E-state index in [1.54, 1.807) is 31.0 Å². The first-order valence-electron chi connectivity index (χ1n) is 10.6. The van der Waals surface area contributed by atoms with Gasteiger partial charge in [0, 0.05) is 23.3 Å². The van der Waals surface area contributed by atoms with Crippen molar-refractivity contribution in [3.8, 4) is 11.5 Å². The Morgan fingerprint density at radius 1 is 1.21 bits per heavy atom. The summed E-state index contributed by atoms with van der Waals surface area (Å²) in [5.41, 5.74) is 11.1. The van der Waals surface area contributed by atoms with Gasteiger partial charge in [0.05, 0.1) is 29.5 Å². The van der Waals surface area contributed by atoms with Crippen molar-refractivity contribution in [2.45, 2.75) is 29.9 Å². The summed E-state index contributed by atoms with van der Waals surface area (Å²) in [5.74, 6) is 2.00. The van der Waals surface area contributed by atoms with Crippen molar-refractivity contribution >= 4 is 40.1 Å². The molecule has 3 aromatic carbocycles. The number of carbonyl (C=O) groups excluding carboxylic acids is 1. The molecule has 1 aromatic heterocycles. The molecule has 2 unspecified atom stereocenters. The monoisotopic (exact) mass is 460 g/mol. The summed E-state index contributed by atoms with van der Waals surface area (Å²) in [6, 6.07) is 19.1. The van der Waals surface area contributed by atoms with Crippen molar-refractivity contribution < 1.29 is 14.3 Å². The number of amides is 1. The third-order valence-electron chi connectivity index (χ3n) is 5.79. The Balaban J connectivity index is 1.27. The van der Waals surface area contributed by atoms with Gasteiger partial charge in [0.25, 0.3) is 5.91 Å². The largest absolute Gasteiger partial charge is 0.497 e. The zero-order valence-electron chi connectivity index (χ0n) is 18.3. The van der Waals surface area contributed by atoms with E-state index >= 15 is 0 Å². The Morgan fingerprint density at radius 3 is 2.88 bits per heavy atom. The highest BCUT2D eigenvalue weighted by molar-refractivity contribution is 7.98. The van der Waals surface area contributed by atoms with Crippen LogP contribution < -0.4 is 20.5 Å². The molecule has 33 heavy (non-hydrogen) atoms. The first-order chi connectivity index (χ1) is 16.0. The number of thioether (sulfide) groups is 1. The highest BCUT2D eigenvalue weighted by atomic mass is 32.2. The molecule has 7 nitrogen and oxygen atoms in total. The Hall–Kier alpha value is -3.65. The van der Waals surface area contributed by atoms with Crippen LogP contribution in [0.25, 0.3) is 11.0 Å². The number of ether oxygens (including phenoxy) is 2. The number of nitrogens with two attached hydrogens (primary N) is 1. The maximum absolute atomic E-state index is 12.9. The van der Waals surface area contributed by atoms with Gasteiger partial charge < -0.3 is 25.5 Å². The van der Waals surface area contributed by atoms with Crippen LogP contribution in [0.15, 0.2) is 65.8 Å². The van der Waals surface area contributed by atoms with E-state index in [1.165, 1.54) is 0 Å². The van der Waals surface area contributed by atoms with E-state index in [0.29, 0.717) is 11.4 Å². The fraction of sp³-hybridized carbons (Fsp3) is 0.200. The Morgan fingerprint density at radius 2 is 2.06 bits per heavy atom. The smallest absolute Gasteiger partial charge is 0.266 e. The SMILES string of the molecule is COc1ccc2nc(SCc3ccc4c(c3)C(C)C(C(=O)Nc3ccccc3N)O4)[nH]c2c1. The van der Waals surface area contributed by atoms with Crippen molar-refractivity contribution in [1.82, 2.24) is 9.97 Å². The van der Waals surface area contributed by atoms with E-state index in [2.05, 4.69) is 21.4 Å². The number of hydrogen-bond acceptors (Lipinski definition) is 6. The first kappa shape index (κ1) is 21.2. The summed E-state index contributed by atoms with van der Waals surface area (Å²) in [4.78, 5) is 20.8. The lowest BCUT2D eigenvalue weighted by Gasteiger charge is -2.16. The molecule has 168 valence electrons. The number of H-pyrrole nitrogens is 1. The lowest BCUT2D eigenvalue weighted by Crippen LogP contribution is -2.33. The van der Waals surface area contributed by atoms with Crippen molar-refractivity contribution in [1.29, 1.82) is 0 Å². The summed E-state index contributed by atoms with van der Waals surface area (Å²) in [5, 5.41) is 3.73. The standard InChI is InChI=1S/C25H24N4O3S/c1-14-17-11-15(13-33-25-28-20-9-8-16(31-2)12-21(20)29-25)7-10-22(17)32-23(14)24(30)27-19-6-4-3-5-18(19)26/h3-12,14,23H,13,26H2,1-2H3,(H,27,30)(H,28,29). The van der Waals surface area contributed by atoms with E-state index < -0.39 is 6.10 Å². The van der Waals surface area contributed by atoms with Crippen molar-refractivity contribution in [2.75, 3.05) is 18.2 Å². The molecule has 4 aromatic rings. The highest BCUT2D eigenvalue weighted by Gasteiger charge is 2.36. The van der Waals surface area contributed by atoms with Crippen LogP contribution in [-0.2, 0) is 10.5 Å². The second-order valence-electron chi connectivity index (χ2n) is 7.99. The first-order valence-corrected chi connectivity index (χ1v) is 11.6. The van der Waals surface area contributed by atoms with Gasteiger partial charge in [-0.1, -0.05) is 43.0 Å². The van der Waals surface area contributed by atoms with Crippen LogP contribution in [0.3, 0.4) is 0 Å². The Kier molecular flexibility index (Phi) is 5.60. The van der Waals surface area contributed by atoms with Gasteiger partial charge in [0.1, 0.15) is 11.5 Å². The molecule has 2 heterocycles. The topological polar surface area (TPSA) is 102 Å². The fourth-order valence-corrected chi connectivity index (χ4v) is 4.79. The maximum atomic E-state index is 12.9. The fourth-order valence-electron chi connectivity index (χ4n) is 3.96. The van der Waals surface area contributed by atoms with Crippen molar-refractivity contribution in [2.24, 2.45) is 0 Å². The predicted octanol–water partition coefficient (Wildman–Crippen LogP) is 4.95. The summed E-state index contributed by atoms with van der Waals surface area (Å²) in [6.45, 7) is 2.01. The Bertz CT molecular complexity index is 1340. The number of carbonyl (C=O) groups is 1. The molecule has 2 atom stereocenters. The van der Waals surface area contributed by atoms with Gasteiger partial charge in [0.2, 0.25) is 0 Å². The quantitative estimate of drug-likeness (QED) is 0.278. The Labute approximate surface area is 195 Å². The van der Waals surface area contributed by atoms with E-state index in [-0.39, 0.29) is 11.8 Å². The average molecular weight is 461 g/mol. The number of imidazole rings is 1. The highest BCUT2D eigenvalue weighted by Crippen LogP contribution is 2.40. The van der Waals surface area contributed by atoms with Crippen LogP contribution >= 0.6 is 11.8 Å². The molecule has 8 heteroatoms. The van der Waals surface area contributed by atoms with Gasteiger partial charge in [-0.3, -0.25) is 4.79 Å². The number of nitrogens with one attached hydrogen (secondary N) is 2. The predicted molar refractivity (Wildman–Crippen MR) is 131 cm³/mol. The molecule has 1 aliphatic rings. The third-order valence-corrected chi connectivity index (χ3v) is 6.74. The van der Waals surface area contributed by atoms with Crippen LogP contribution in [0.5, 0.6) is 11.5 Å². The van der Waals surface area contributed by atoms with Crippen LogP contribution in [0.4, 0.5) is 11.4 Å². The van der Waals surface area contributed by atoms with Gasteiger partial charge in [-0.05, 0) is 35.9 Å². The molecular formula is C25H24N4O3S. The van der Waals surface area contributed by atoms with E-state index in [0.717, 1.165) is 44.6 Å². The molecule has 0 fully saturated rings. The van der Waals surface area contributed by atoms with Crippen LogP contribution in [-0.4, -0.2) is 29.1 Å². The minimum absolute atomic E-state index is 0.0754. The number of rotatable bonds is 6. The summed E-state index contributed by atoms with van der Waals surface area (Å²) in [7, 11) is 1.65. The number of fused-ring (bicyclic) bond motifs is 2. The number of nitrogen functional groups attached to an aromatic ring is 1. The molecule has 5 rings (SSSR count). The van der Waals surface area contributed by atoms with Gasteiger partial charge in [-0.25, -0.2) is 4.98 Å². The maximum Gasteiger partial charge on any atom is 0.266 e. The van der Waals surface area contributed by atoms with Crippen LogP contribution in [0.2, 0.25) is 0 Å². The van der Waals surface area contributed by atoms with Gasteiger partial charge in [0.15, 0.2) is 11.3 Å². The zero-order chi connectivity index (χ0) is 22.9. The second kappa shape index (κ2) is 8.71. The zero-order valence-corrected chi connectivity index (χ0v) is 19.1. The molecule has 0 saturated heterocycles. The summed E-state index contributed by atoms with van der Waals surface area (Å²) >= 11 is 1.63. The molecular weight excluding hydrogens is 436 g/mol. The minimum Gasteiger partial charge on any atom is -0.497 e. The molecule has 0 saturated carbocycles. The molecule has 0 aliphatic carbocycles. The molecule has 4 N–H and O–H groups in total. The minimum atomic E-state index is -0.604. The van der Waals surface area contributed by atoms with Gasteiger partial charge >= 0.3 is 0 Å². The number of para-hydroxylation sites is 2. The summed E-state index contributed by atoms with van der Waals surface area (Å²) < 4.78 is 11.3. The summed E-state index contributed by atoms with van der Waals surface area (Å²) in [6.07, 6.45) is -0.604. The molecule has 1 amide bonds. The lowest BCUT2D eigenvalue weighted by molar-refractivity contribution is -0.122. The van der Waals surface area contributed by atoms with E-state index in [1.807, 2.05) is 49.4 Å². The van der Waals surface area contributed by atoms with Crippen LogP contribution in [0, 0.1) is 0 Å². The number of aromatic amines is 1. The molecule has 0 radical (unpaired) electrons. The number of nitrogens with zero attached hydrogens (tertiary/aromatic N) is 1. The van der Waals surface area contributed by atoms with E-state index in [4.69, 9.17) is 15.2 Å². The van der Waals surface area contributed by atoms with Crippen LogP contribution in [0.1, 0.15) is 24.0 Å². The van der Waals surface area contributed by atoms with Crippen molar-refractivity contribution in [3.05, 3.63) is 71.8 Å². The number of methoxy groups -OCH3 is 1. The molecule has 0 bridgehead atoms. The number of anilines is 2. The molecule has 0 spiro atoms. The van der Waals surface area contributed by atoms with Gasteiger partial charge in [-0.2, -0.15) is 0 Å². The van der Waals surface area contributed by atoms with Gasteiger partial charge in [-0.15, -0.1) is 0 Å². The second-order valence-corrected chi connectivity index (χ2v) is 8.95. The molecule has 1 aliphatic heterocycles.